The van der Waals surface area contributed by atoms with Crippen LogP contribution in [-0.4, -0.2) is 63.6 Å². The van der Waals surface area contributed by atoms with Gasteiger partial charge in [-0.05, 0) is 45.6 Å². The number of Topliss-reactive ketones (excluding diaryl/α,β-unsaturated/α-hetero) is 1. The lowest BCUT2D eigenvalue weighted by molar-refractivity contribution is -0.140. The molecule has 0 saturated carbocycles. The summed E-state index contributed by atoms with van der Waals surface area (Å²) in [6.45, 7) is 4.52. The lowest BCUT2D eigenvalue weighted by atomic mass is 9.94. The van der Waals surface area contributed by atoms with Gasteiger partial charge in [0.05, 0.1) is 22.9 Å². The highest BCUT2D eigenvalue weighted by molar-refractivity contribution is 6.46. The fourth-order valence-electron chi connectivity index (χ4n) is 3.66. The fraction of sp³-hybridized carbons (Fsp3) is 0.381. The van der Waals surface area contributed by atoms with Crippen LogP contribution in [0.5, 0.6) is 0 Å². The number of halogens is 1. The van der Waals surface area contributed by atoms with Crippen LogP contribution in [0.4, 0.5) is 0 Å². The Morgan fingerprint density at radius 3 is 2.34 bits per heavy atom. The van der Waals surface area contributed by atoms with E-state index in [0.29, 0.717) is 40.6 Å². The minimum atomic E-state index is -0.691. The van der Waals surface area contributed by atoms with Crippen molar-refractivity contribution in [3.8, 4) is 0 Å². The van der Waals surface area contributed by atoms with Gasteiger partial charge in [0, 0.05) is 30.9 Å². The predicted molar refractivity (Wildman–Crippen MR) is 112 cm³/mol. The molecule has 0 aliphatic carbocycles. The molecular weight excluding hydrogens is 392 g/mol. The molecule has 2 heterocycles. The summed E-state index contributed by atoms with van der Waals surface area (Å²) in [6.07, 6.45) is 0. The standard InChI is InChI=1S/C21H25ClN4O3/c1-12-16(13(2)25(5)23-12)19(27)17-18(14-6-8-15(22)9-7-14)26(11-10-24(3)4)21(29)20(17)28/h6-9,18,27H,10-11H2,1-5H3/b19-17+/t18-/m1/s1. The van der Waals surface area contributed by atoms with Gasteiger partial charge in [0.2, 0.25) is 0 Å². The Balaban J connectivity index is 2.20. The summed E-state index contributed by atoms with van der Waals surface area (Å²) in [5, 5.41) is 16.0. The van der Waals surface area contributed by atoms with Gasteiger partial charge in [-0.25, -0.2) is 0 Å². The van der Waals surface area contributed by atoms with Crippen LogP contribution in [0.15, 0.2) is 29.8 Å². The Labute approximate surface area is 175 Å². The van der Waals surface area contributed by atoms with Crippen LogP contribution >= 0.6 is 11.6 Å². The van der Waals surface area contributed by atoms with Gasteiger partial charge in [0.1, 0.15) is 5.76 Å². The number of carbonyl (C=O) groups is 2. The number of nitrogens with zero attached hydrogens (tertiary/aromatic N) is 4. The molecule has 1 aromatic heterocycles. The zero-order chi connectivity index (χ0) is 21.5. The first kappa shape index (κ1) is 21.1. The molecule has 2 aromatic rings. The van der Waals surface area contributed by atoms with Gasteiger partial charge in [-0.1, -0.05) is 23.7 Å². The largest absolute Gasteiger partial charge is 0.507 e. The number of likely N-dealkylation sites (tertiary alicyclic amines) is 1. The van der Waals surface area contributed by atoms with Gasteiger partial charge in [0.25, 0.3) is 11.7 Å². The number of carbonyl (C=O) groups excluding carboxylic acids is 2. The Bertz CT molecular complexity index is 992. The Morgan fingerprint density at radius 1 is 1.21 bits per heavy atom. The van der Waals surface area contributed by atoms with Crippen LogP contribution in [0, 0.1) is 13.8 Å². The highest BCUT2D eigenvalue weighted by atomic mass is 35.5. The first-order chi connectivity index (χ1) is 13.6. The van der Waals surface area contributed by atoms with Crippen LogP contribution in [0.3, 0.4) is 0 Å². The summed E-state index contributed by atoms with van der Waals surface area (Å²) >= 11 is 6.03. The number of aryl methyl sites for hydroxylation is 2. The maximum Gasteiger partial charge on any atom is 0.295 e. The van der Waals surface area contributed by atoms with Crippen LogP contribution < -0.4 is 0 Å². The molecule has 1 aliphatic heterocycles. The summed E-state index contributed by atoms with van der Waals surface area (Å²) in [6, 6.07) is 6.29. The van der Waals surface area contributed by atoms with E-state index in [2.05, 4.69) is 5.10 Å². The summed E-state index contributed by atoms with van der Waals surface area (Å²) in [5.41, 5.74) is 2.59. The van der Waals surface area contributed by atoms with Crippen LogP contribution in [0.25, 0.3) is 5.76 Å². The molecule has 1 amide bonds. The maximum absolute atomic E-state index is 13.0. The van der Waals surface area contributed by atoms with Gasteiger partial charge in [-0.3, -0.25) is 14.3 Å². The van der Waals surface area contributed by atoms with E-state index >= 15 is 0 Å². The second-order valence-electron chi connectivity index (χ2n) is 7.52. The summed E-state index contributed by atoms with van der Waals surface area (Å²) in [4.78, 5) is 29.3. The first-order valence-corrected chi connectivity index (χ1v) is 9.70. The van der Waals surface area contributed by atoms with Crippen molar-refractivity contribution in [1.29, 1.82) is 0 Å². The number of hydrogen-bond donors (Lipinski definition) is 1. The number of benzene rings is 1. The molecule has 7 nitrogen and oxygen atoms in total. The third-order valence-electron chi connectivity index (χ3n) is 5.26. The molecule has 8 heteroatoms. The number of amides is 1. The first-order valence-electron chi connectivity index (χ1n) is 9.32. The topological polar surface area (TPSA) is 78.7 Å². The normalized spacial score (nSPS) is 18.9. The van der Waals surface area contributed by atoms with E-state index in [0.717, 1.165) is 0 Å². The molecule has 0 bridgehead atoms. The van der Waals surface area contributed by atoms with Crippen molar-refractivity contribution in [1.82, 2.24) is 19.6 Å². The van der Waals surface area contributed by atoms with Gasteiger partial charge in [0.15, 0.2) is 0 Å². The van der Waals surface area contributed by atoms with Crippen molar-refractivity contribution in [2.24, 2.45) is 7.05 Å². The van der Waals surface area contributed by atoms with Gasteiger partial charge in [-0.2, -0.15) is 5.10 Å². The van der Waals surface area contributed by atoms with Crippen molar-refractivity contribution < 1.29 is 14.7 Å². The highest BCUT2D eigenvalue weighted by Crippen LogP contribution is 2.40. The quantitative estimate of drug-likeness (QED) is 0.460. The molecule has 1 aromatic carbocycles. The summed E-state index contributed by atoms with van der Waals surface area (Å²) < 4.78 is 1.64. The molecule has 1 N–H and O–H groups in total. The van der Waals surface area contributed by atoms with Crippen LogP contribution in [0.1, 0.15) is 28.6 Å². The number of ketones is 1. The molecule has 3 rings (SSSR count). The second kappa shape index (κ2) is 8.00. The molecule has 1 fully saturated rings. The predicted octanol–water partition coefficient (Wildman–Crippen LogP) is 2.67. The molecule has 0 spiro atoms. The Hall–Kier alpha value is -2.64. The number of aromatic nitrogens is 2. The van der Waals surface area contributed by atoms with Crippen molar-refractivity contribution in [2.45, 2.75) is 19.9 Å². The SMILES string of the molecule is Cc1nn(C)c(C)c1/C(O)=C1\C(=O)C(=O)N(CCN(C)C)[C@@H]1c1ccc(Cl)cc1. The van der Waals surface area contributed by atoms with E-state index in [9.17, 15) is 14.7 Å². The van der Waals surface area contributed by atoms with Crippen molar-refractivity contribution >= 4 is 29.1 Å². The van der Waals surface area contributed by atoms with Gasteiger partial charge < -0.3 is 14.9 Å². The highest BCUT2D eigenvalue weighted by Gasteiger charge is 2.46. The third kappa shape index (κ3) is 3.80. The van der Waals surface area contributed by atoms with E-state index in [-0.39, 0.29) is 11.3 Å². The van der Waals surface area contributed by atoms with E-state index in [1.807, 2.05) is 25.9 Å². The molecule has 1 aliphatic rings. The smallest absolute Gasteiger partial charge is 0.295 e. The Morgan fingerprint density at radius 2 is 1.83 bits per heavy atom. The molecule has 1 atom stereocenters. The minimum Gasteiger partial charge on any atom is -0.507 e. The Kier molecular flexibility index (Phi) is 5.82. The zero-order valence-electron chi connectivity index (χ0n) is 17.2. The average Bonchev–Trinajstić information content (AvgIpc) is 3.06. The summed E-state index contributed by atoms with van der Waals surface area (Å²) in [7, 11) is 5.57. The maximum atomic E-state index is 13.0. The molecular formula is C21H25ClN4O3. The van der Waals surface area contributed by atoms with Crippen LogP contribution in [-0.2, 0) is 16.6 Å². The van der Waals surface area contributed by atoms with Gasteiger partial charge >= 0.3 is 0 Å². The molecule has 1 saturated heterocycles. The summed E-state index contributed by atoms with van der Waals surface area (Å²) in [5.74, 6) is -1.50. The van der Waals surface area contributed by atoms with Crippen molar-refractivity contribution in [3.63, 3.8) is 0 Å². The molecule has 154 valence electrons. The second-order valence-corrected chi connectivity index (χ2v) is 7.95. The van der Waals surface area contributed by atoms with Crippen molar-refractivity contribution in [2.75, 3.05) is 27.2 Å². The number of likely N-dealkylation sites (N-methyl/N-ethyl adjacent to an activating group) is 1. The lowest BCUT2D eigenvalue weighted by Crippen LogP contribution is -2.35. The van der Waals surface area contributed by atoms with Crippen molar-refractivity contribution in [3.05, 3.63) is 57.4 Å². The van der Waals surface area contributed by atoms with E-state index in [1.165, 1.54) is 4.90 Å². The van der Waals surface area contributed by atoms with E-state index < -0.39 is 17.7 Å². The number of hydrogen-bond acceptors (Lipinski definition) is 5. The molecule has 0 unspecified atom stereocenters. The van der Waals surface area contributed by atoms with Gasteiger partial charge in [-0.15, -0.1) is 0 Å². The van der Waals surface area contributed by atoms with Crippen LogP contribution in [0.2, 0.25) is 5.02 Å². The molecule has 0 radical (unpaired) electrons. The minimum absolute atomic E-state index is 0.0790. The lowest BCUT2D eigenvalue weighted by Gasteiger charge is -2.26. The number of aliphatic hydroxyl groups is 1. The number of aliphatic hydroxyl groups excluding tert-OH is 1. The van der Waals surface area contributed by atoms with E-state index in [1.54, 1.807) is 42.9 Å². The van der Waals surface area contributed by atoms with E-state index in [4.69, 9.17) is 11.6 Å². The number of rotatable bonds is 5. The zero-order valence-corrected chi connectivity index (χ0v) is 18.0. The fourth-order valence-corrected chi connectivity index (χ4v) is 3.79. The monoisotopic (exact) mass is 416 g/mol. The molecule has 29 heavy (non-hydrogen) atoms. The third-order valence-corrected chi connectivity index (χ3v) is 5.51. The average molecular weight is 417 g/mol.